The van der Waals surface area contributed by atoms with Crippen LogP contribution in [0, 0.1) is 11.8 Å². The quantitative estimate of drug-likeness (QED) is 0.731. The number of nitrogens with one attached hydrogen (secondary N) is 1. The average Bonchev–Trinajstić information content (AvgIpc) is 2.98. The van der Waals surface area contributed by atoms with Gasteiger partial charge in [-0.1, -0.05) is 0 Å². The topological polar surface area (TPSA) is 38.3 Å². The van der Waals surface area contributed by atoms with E-state index in [0.29, 0.717) is 6.04 Å². The summed E-state index contributed by atoms with van der Waals surface area (Å²) in [6.07, 6.45) is 4.63. The van der Waals surface area contributed by atoms with E-state index in [1.54, 1.807) is 0 Å². The van der Waals surface area contributed by atoms with Gasteiger partial charge in [-0.2, -0.15) is 0 Å². The van der Waals surface area contributed by atoms with Crippen LogP contribution in [-0.4, -0.2) is 24.2 Å². The summed E-state index contributed by atoms with van der Waals surface area (Å²) in [5, 5.41) is 3.50. The lowest BCUT2D eigenvalue weighted by Crippen LogP contribution is -2.47. The van der Waals surface area contributed by atoms with E-state index in [-0.39, 0.29) is 17.5 Å². The molecule has 0 aromatic heterocycles. The lowest BCUT2D eigenvalue weighted by Gasteiger charge is -2.33. The highest BCUT2D eigenvalue weighted by molar-refractivity contribution is 5.74. The first kappa shape index (κ1) is 11.9. The van der Waals surface area contributed by atoms with Crippen LogP contribution in [0.2, 0.25) is 0 Å². The van der Waals surface area contributed by atoms with Crippen molar-refractivity contribution >= 4 is 5.97 Å². The minimum absolute atomic E-state index is 0.00315. The maximum Gasteiger partial charge on any atom is 0.311 e. The van der Waals surface area contributed by atoms with Crippen LogP contribution in [0.5, 0.6) is 0 Å². The van der Waals surface area contributed by atoms with Gasteiger partial charge in [0.25, 0.3) is 0 Å². The van der Waals surface area contributed by atoms with Crippen molar-refractivity contribution in [2.75, 3.05) is 6.54 Å². The van der Waals surface area contributed by atoms with Gasteiger partial charge in [-0.3, -0.25) is 4.79 Å². The highest BCUT2D eigenvalue weighted by Gasteiger charge is 2.42. The summed E-state index contributed by atoms with van der Waals surface area (Å²) >= 11 is 0. The summed E-state index contributed by atoms with van der Waals surface area (Å²) in [4.78, 5) is 12.1. The van der Waals surface area contributed by atoms with Gasteiger partial charge in [0.15, 0.2) is 0 Å². The van der Waals surface area contributed by atoms with Crippen LogP contribution < -0.4 is 5.32 Å². The Morgan fingerprint density at radius 2 is 1.94 bits per heavy atom. The van der Waals surface area contributed by atoms with Crippen LogP contribution in [0.1, 0.15) is 46.5 Å². The molecular weight excluding hydrogens is 202 g/mol. The molecular formula is C13H23NO2. The van der Waals surface area contributed by atoms with E-state index in [2.05, 4.69) is 5.32 Å². The Morgan fingerprint density at radius 1 is 1.25 bits per heavy atom. The molecule has 2 fully saturated rings. The summed E-state index contributed by atoms with van der Waals surface area (Å²) in [5.41, 5.74) is -0.359. The van der Waals surface area contributed by atoms with E-state index in [9.17, 15) is 4.79 Å². The molecule has 0 unspecified atom stereocenters. The summed E-state index contributed by atoms with van der Waals surface area (Å²) in [7, 11) is 0. The number of rotatable bonds is 2. The second-order valence-corrected chi connectivity index (χ2v) is 6.10. The van der Waals surface area contributed by atoms with Crippen molar-refractivity contribution in [1.29, 1.82) is 0 Å². The van der Waals surface area contributed by atoms with E-state index in [1.807, 2.05) is 20.8 Å². The summed E-state index contributed by atoms with van der Waals surface area (Å²) in [5.74, 6) is 0.801. The van der Waals surface area contributed by atoms with Crippen LogP contribution in [0.15, 0.2) is 0 Å². The molecule has 0 bridgehead atoms. The molecule has 3 nitrogen and oxygen atoms in total. The largest absolute Gasteiger partial charge is 0.460 e. The molecule has 16 heavy (non-hydrogen) atoms. The molecule has 92 valence electrons. The van der Waals surface area contributed by atoms with E-state index in [1.165, 1.54) is 12.8 Å². The van der Waals surface area contributed by atoms with Crippen LogP contribution in [0.25, 0.3) is 0 Å². The molecule has 2 rings (SSSR count). The Kier molecular flexibility index (Phi) is 3.24. The third-order valence-corrected chi connectivity index (χ3v) is 3.34. The Morgan fingerprint density at radius 3 is 2.50 bits per heavy atom. The van der Waals surface area contributed by atoms with Gasteiger partial charge in [0.1, 0.15) is 5.60 Å². The van der Waals surface area contributed by atoms with Gasteiger partial charge in [-0.15, -0.1) is 0 Å². The van der Waals surface area contributed by atoms with Crippen LogP contribution in [0.3, 0.4) is 0 Å². The number of piperidine rings is 1. The number of carbonyl (C=O) groups excluding carboxylic acids is 1. The van der Waals surface area contributed by atoms with Crippen molar-refractivity contribution in [2.24, 2.45) is 11.8 Å². The fourth-order valence-electron chi connectivity index (χ4n) is 2.50. The maximum absolute atomic E-state index is 12.1. The highest BCUT2D eigenvalue weighted by Crippen LogP contribution is 2.39. The minimum Gasteiger partial charge on any atom is -0.460 e. The Bertz CT molecular complexity index is 266. The van der Waals surface area contributed by atoms with Crippen molar-refractivity contribution in [3.05, 3.63) is 0 Å². The van der Waals surface area contributed by atoms with E-state index in [4.69, 9.17) is 4.74 Å². The monoisotopic (exact) mass is 225 g/mol. The van der Waals surface area contributed by atoms with Crippen LogP contribution >= 0.6 is 0 Å². The number of ether oxygens (including phenoxy) is 1. The molecule has 1 aliphatic carbocycles. The molecule has 1 N–H and O–H groups in total. The van der Waals surface area contributed by atoms with Crippen molar-refractivity contribution in [2.45, 2.75) is 58.1 Å². The number of hydrogen-bond acceptors (Lipinski definition) is 3. The lowest BCUT2D eigenvalue weighted by molar-refractivity contribution is -0.162. The first-order chi connectivity index (χ1) is 7.47. The van der Waals surface area contributed by atoms with E-state index >= 15 is 0 Å². The second-order valence-electron chi connectivity index (χ2n) is 6.10. The van der Waals surface area contributed by atoms with E-state index in [0.717, 1.165) is 25.3 Å². The fraction of sp³-hybridized carbons (Fsp3) is 0.923. The zero-order valence-electron chi connectivity index (χ0n) is 10.6. The molecule has 3 heteroatoms. The zero-order valence-corrected chi connectivity index (χ0v) is 10.6. The van der Waals surface area contributed by atoms with Gasteiger partial charge in [-0.05, 0) is 58.9 Å². The predicted octanol–water partition coefficient (Wildman–Crippen LogP) is 2.11. The molecule has 0 amide bonds. The zero-order chi connectivity index (χ0) is 11.8. The Balaban J connectivity index is 1.96. The SMILES string of the molecule is CC(C)(C)OC(=O)[C@H]1CCCN[C@H]1C1CC1. The van der Waals surface area contributed by atoms with E-state index < -0.39 is 0 Å². The minimum atomic E-state index is -0.359. The summed E-state index contributed by atoms with van der Waals surface area (Å²) in [6, 6.07) is 0.378. The summed E-state index contributed by atoms with van der Waals surface area (Å²) in [6.45, 7) is 6.87. The van der Waals surface area contributed by atoms with Crippen LogP contribution in [0.4, 0.5) is 0 Å². The number of hydrogen-bond donors (Lipinski definition) is 1. The smallest absolute Gasteiger partial charge is 0.311 e. The van der Waals surface area contributed by atoms with Crippen LogP contribution in [-0.2, 0) is 9.53 Å². The van der Waals surface area contributed by atoms with Gasteiger partial charge >= 0.3 is 5.97 Å². The molecule has 0 spiro atoms. The number of esters is 1. The molecule has 0 radical (unpaired) electrons. The molecule has 1 heterocycles. The summed E-state index contributed by atoms with van der Waals surface area (Å²) < 4.78 is 5.51. The average molecular weight is 225 g/mol. The highest BCUT2D eigenvalue weighted by atomic mass is 16.6. The van der Waals surface area contributed by atoms with Gasteiger partial charge in [0.05, 0.1) is 5.92 Å². The third-order valence-electron chi connectivity index (χ3n) is 3.34. The standard InChI is InChI=1S/C13H23NO2/c1-13(2,3)16-12(15)10-5-4-8-14-11(10)9-6-7-9/h9-11,14H,4-8H2,1-3H3/t10-,11-/m0/s1. The Labute approximate surface area is 97.9 Å². The Hall–Kier alpha value is -0.570. The number of carbonyl (C=O) groups is 1. The van der Waals surface area contributed by atoms with Crippen molar-refractivity contribution in [3.8, 4) is 0 Å². The molecule has 0 aromatic rings. The normalized spacial score (nSPS) is 31.2. The maximum atomic E-state index is 12.1. The first-order valence-corrected chi connectivity index (χ1v) is 6.43. The van der Waals surface area contributed by atoms with Crippen molar-refractivity contribution in [1.82, 2.24) is 5.32 Å². The molecule has 2 atom stereocenters. The first-order valence-electron chi connectivity index (χ1n) is 6.43. The molecule has 0 aromatic carbocycles. The van der Waals surface area contributed by atoms with Crippen molar-refractivity contribution < 1.29 is 9.53 Å². The van der Waals surface area contributed by atoms with Gasteiger partial charge in [0, 0.05) is 6.04 Å². The second kappa shape index (κ2) is 4.36. The predicted molar refractivity (Wildman–Crippen MR) is 63.1 cm³/mol. The van der Waals surface area contributed by atoms with Crippen molar-refractivity contribution in [3.63, 3.8) is 0 Å². The molecule has 1 saturated heterocycles. The van der Waals surface area contributed by atoms with Gasteiger partial charge in [0.2, 0.25) is 0 Å². The van der Waals surface area contributed by atoms with Gasteiger partial charge in [-0.25, -0.2) is 0 Å². The van der Waals surface area contributed by atoms with Gasteiger partial charge < -0.3 is 10.1 Å². The molecule has 2 aliphatic rings. The third kappa shape index (κ3) is 2.97. The fourth-order valence-corrected chi connectivity index (χ4v) is 2.50. The molecule has 1 saturated carbocycles. The molecule has 1 aliphatic heterocycles. The lowest BCUT2D eigenvalue weighted by atomic mass is 9.87.